The van der Waals surface area contributed by atoms with Crippen molar-refractivity contribution in [3.05, 3.63) is 47.4 Å². The molecule has 8 nitrogen and oxygen atoms in total. The van der Waals surface area contributed by atoms with E-state index < -0.39 is 18.5 Å². The molecule has 0 bridgehead atoms. The lowest BCUT2D eigenvalue weighted by atomic mass is 10.1. The van der Waals surface area contributed by atoms with E-state index in [4.69, 9.17) is 18.6 Å². The van der Waals surface area contributed by atoms with Gasteiger partial charge in [-0.1, -0.05) is 0 Å². The molecule has 2 heterocycles. The zero-order valence-electron chi connectivity index (χ0n) is 14.7. The maximum atomic E-state index is 12.1. The van der Waals surface area contributed by atoms with Gasteiger partial charge in [0.2, 0.25) is 6.79 Å². The average Bonchev–Trinajstić information content (AvgIpc) is 3.25. The van der Waals surface area contributed by atoms with Crippen molar-refractivity contribution in [1.29, 1.82) is 0 Å². The van der Waals surface area contributed by atoms with Gasteiger partial charge in [-0.15, -0.1) is 0 Å². The van der Waals surface area contributed by atoms with E-state index in [0.29, 0.717) is 23.0 Å². The van der Waals surface area contributed by atoms with Crippen molar-refractivity contribution in [2.24, 2.45) is 0 Å². The van der Waals surface area contributed by atoms with E-state index in [2.05, 4.69) is 5.32 Å². The highest BCUT2D eigenvalue weighted by Crippen LogP contribution is 2.37. The van der Waals surface area contributed by atoms with Crippen LogP contribution in [0, 0.1) is 6.92 Å². The molecule has 1 aliphatic heterocycles. The van der Waals surface area contributed by atoms with Crippen LogP contribution in [0.25, 0.3) is 6.08 Å². The van der Waals surface area contributed by atoms with Gasteiger partial charge >= 0.3 is 5.97 Å². The minimum absolute atomic E-state index is 0.0449. The number of benzene rings is 1. The number of nitrogens with one attached hydrogen (secondary N) is 1. The first-order valence-corrected chi connectivity index (χ1v) is 8.08. The van der Waals surface area contributed by atoms with Crippen LogP contribution >= 0.6 is 0 Å². The number of ketones is 1. The van der Waals surface area contributed by atoms with Gasteiger partial charge in [0.05, 0.1) is 5.69 Å². The SMILES string of the molecule is CC(=O)c1cc2c(cc1NC(=O)COC(=O)/C=C/c1ccc(C)o1)OCO2. The van der Waals surface area contributed by atoms with E-state index in [1.807, 2.05) is 0 Å². The number of aryl methyl sites for hydroxylation is 1. The smallest absolute Gasteiger partial charge is 0.331 e. The highest BCUT2D eigenvalue weighted by atomic mass is 16.7. The molecular formula is C19H17NO7. The molecule has 0 radical (unpaired) electrons. The number of esters is 1. The quantitative estimate of drug-likeness (QED) is 0.473. The lowest BCUT2D eigenvalue weighted by Crippen LogP contribution is -2.21. The summed E-state index contributed by atoms with van der Waals surface area (Å²) in [6.07, 6.45) is 2.60. The third-order valence-corrected chi connectivity index (χ3v) is 3.66. The highest BCUT2D eigenvalue weighted by Gasteiger charge is 2.20. The number of furan rings is 1. The molecule has 8 heteroatoms. The van der Waals surface area contributed by atoms with Crippen LogP contribution in [0.2, 0.25) is 0 Å². The van der Waals surface area contributed by atoms with Crippen molar-refractivity contribution in [3.8, 4) is 11.5 Å². The largest absolute Gasteiger partial charge is 0.462 e. The van der Waals surface area contributed by atoms with Crippen LogP contribution in [0.3, 0.4) is 0 Å². The Balaban J connectivity index is 1.58. The van der Waals surface area contributed by atoms with Crippen LogP contribution in [-0.2, 0) is 14.3 Å². The van der Waals surface area contributed by atoms with Gasteiger partial charge in [0.15, 0.2) is 23.9 Å². The standard InChI is InChI=1S/C19H17NO7/c1-11-3-4-13(27-11)5-6-19(23)24-9-18(22)20-15-8-17-16(25-10-26-17)7-14(15)12(2)21/h3-8H,9-10H2,1-2H3,(H,20,22)/b6-5+. The van der Waals surface area contributed by atoms with Gasteiger partial charge in [-0.25, -0.2) is 4.79 Å². The zero-order valence-corrected chi connectivity index (χ0v) is 14.7. The fraction of sp³-hybridized carbons (Fsp3) is 0.211. The fourth-order valence-corrected chi connectivity index (χ4v) is 2.40. The van der Waals surface area contributed by atoms with E-state index in [-0.39, 0.29) is 23.8 Å². The number of Topliss-reactive ketones (excluding diaryl/α,β-unsaturated/α-hetero) is 1. The second kappa shape index (κ2) is 7.77. The number of rotatable bonds is 6. The number of fused-ring (bicyclic) bond motifs is 1. The summed E-state index contributed by atoms with van der Waals surface area (Å²) >= 11 is 0. The van der Waals surface area contributed by atoms with E-state index in [1.54, 1.807) is 19.1 Å². The number of hydrogen-bond acceptors (Lipinski definition) is 7. The Kier molecular flexibility index (Phi) is 5.25. The van der Waals surface area contributed by atoms with Crippen molar-refractivity contribution in [2.75, 3.05) is 18.7 Å². The maximum Gasteiger partial charge on any atom is 0.331 e. The number of anilines is 1. The lowest BCUT2D eigenvalue weighted by molar-refractivity contribution is -0.142. The molecule has 1 N–H and O–H groups in total. The molecule has 1 aromatic heterocycles. The summed E-state index contributed by atoms with van der Waals surface area (Å²) in [5.41, 5.74) is 0.529. The molecule has 1 amide bonds. The molecule has 1 aromatic carbocycles. The Labute approximate surface area is 154 Å². The molecular weight excluding hydrogens is 354 g/mol. The Morgan fingerprint density at radius 3 is 2.59 bits per heavy atom. The minimum atomic E-state index is -0.698. The van der Waals surface area contributed by atoms with E-state index in [9.17, 15) is 14.4 Å². The average molecular weight is 371 g/mol. The molecule has 0 saturated heterocycles. The number of carbonyl (C=O) groups is 3. The van der Waals surface area contributed by atoms with Crippen LogP contribution < -0.4 is 14.8 Å². The Bertz CT molecular complexity index is 926. The van der Waals surface area contributed by atoms with Crippen LogP contribution in [0.15, 0.2) is 34.8 Å². The first-order chi connectivity index (χ1) is 12.9. The van der Waals surface area contributed by atoms with E-state index in [1.165, 1.54) is 25.1 Å². The van der Waals surface area contributed by atoms with Gasteiger partial charge in [-0.05, 0) is 38.1 Å². The first-order valence-electron chi connectivity index (χ1n) is 8.08. The van der Waals surface area contributed by atoms with Gasteiger partial charge in [0, 0.05) is 17.7 Å². The molecule has 0 saturated carbocycles. The number of hydrogen-bond donors (Lipinski definition) is 1. The second-order valence-electron chi connectivity index (χ2n) is 5.74. The lowest BCUT2D eigenvalue weighted by Gasteiger charge is -2.10. The van der Waals surface area contributed by atoms with E-state index >= 15 is 0 Å². The fourth-order valence-electron chi connectivity index (χ4n) is 2.40. The Morgan fingerprint density at radius 1 is 1.19 bits per heavy atom. The van der Waals surface area contributed by atoms with Crippen LogP contribution in [0.4, 0.5) is 5.69 Å². The first kappa shape index (κ1) is 18.2. The number of amides is 1. The minimum Gasteiger partial charge on any atom is -0.462 e. The molecule has 0 spiro atoms. The molecule has 0 fully saturated rings. The van der Waals surface area contributed by atoms with Crippen molar-refractivity contribution >= 4 is 29.4 Å². The second-order valence-corrected chi connectivity index (χ2v) is 5.74. The predicted octanol–water partition coefficient (Wildman–Crippen LogP) is 2.71. The molecule has 0 aliphatic carbocycles. The molecule has 2 aromatic rings. The summed E-state index contributed by atoms with van der Waals surface area (Å²) < 4.78 is 20.6. The third-order valence-electron chi connectivity index (χ3n) is 3.66. The predicted molar refractivity (Wildman–Crippen MR) is 94.6 cm³/mol. The monoisotopic (exact) mass is 371 g/mol. The molecule has 1 aliphatic rings. The van der Waals surface area contributed by atoms with Crippen molar-refractivity contribution < 1.29 is 33.0 Å². The van der Waals surface area contributed by atoms with Crippen LogP contribution in [-0.4, -0.2) is 31.1 Å². The van der Waals surface area contributed by atoms with Gasteiger partial charge in [-0.2, -0.15) is 0 Å². The summed E-state index contributed by atoms with van der Waals surface area (Å²) in [5.74, 6) is 0.528. The van der Waals surface area contributed by atoms with Crippen LogP contribution in [0.5, 0.6) is 11.5 Å². The highest BCUT2D eigenvalue weighted by molar-refractivity contribution is 6.05. The Hall–Kier alpha value is -3.55. The van der Waals surface area contributed by atoms with Gasteiger partial charge in [0.1, 0.15) is 11.5 Å². The summed E-state index contributed by atoms with van der Waals surface area (Å²) in [4.78, 5) is 35.5. The topological polar surface area (TPSA) is 104 Å². The van der Waals surface area contributed by atoms with E-state index in [0.717, 1.165) is 6.08 Å². The van der Waals surface area contributed by atoms with Crippen molar-refractivity contribution in [3.63, 3.8) is 0 Å². The normalized spacial score (nSPS) is 12.2. The molecule has 140 valence electrons. The summed E-state index contributed by atoms with van der Waals surface area (Å²) in [7, 11) is 0. The molecule has 0 atom stereocenters. The summed E-state index contributed by atoms with van der Waals surface area (Å²) in [6, 6.07) is 6.46. The summed E-state index contributed by atoms with van der Waals surface area (Å²) in [5, 5.41) is 2.54. The van der Waals surface area contributed by atoms with Crippen molar-refractivity contribution in [1.82, 2.24) is 0 Å². The Morgan fingerprint density at radius 2 is 1.93 bits per heavy atom. The number of ether oxygens (including phenoxy) is 3. The summed E-state index contributed by atoms with van der Waals surface area (Å²) in [6.45, 7) is 2.69. The van der Waals surface area contributed by atoms with Crippen LogP contribution in [0.1, 0.15) is 28.8 Å². The maximum absolute atomic E-state index is 12.1. The molecule has 27 heavy (non-hydrogen) atoms. The number of carbonyl (C=O) groups excluding carboxylic acids is 3. The third kappa shape index (κ3) is 4.55. The molecule has 3 rings (SSSR count). The van der Waals surface area contributed by atoms with Gasteiger partial charge < -0.3 is 23.9 Å². The van der Waals surface area contributed by atoms with Crippen molar-refractivity contribution in [2.45, 2.75) is 13.8 Å². The van der Waals surface area contributed by atoms with Gasteiger partial charge in [0.25, 0.3) is 5.91 Å². The molecule has 0 unspecified atom stereocenters. The zero-order chi connectivity index (χ0) is 19.4. The van der Waals surface area contributed by atoms with Gasteiger partial charge in [-0.3, -0.25) is 9.59 Å².